The molecule has 0 radical (unpaired) electrons. The van der Waals surface area contributed by atoms with Crippen LogP contribution < -0.4 is 4.74 Å². The molecule has 0 amide bonds. The summed E-state index contributed by atoms with van der Waals surface area (Å²) < 4.78 is 46.7. The standard InChI is InChI=1S/C14H17F3O3/c1-19-12-8-4-5-9-13(12,18)10-6-2-3-7-11(10)20-14(15,16)17/h2-3,6-7,12,18H,4-5,8-9H2,1H3. The molecule has 0 heterocycles. The highest BCUT2D eigenvalue weighted by atomic mass is 19.4. The molecular formula is C14H17F3O3. The lowest BCUT2D eigenvalue weighted by atomic mass is 9.77. The van der Waals surface area contributed by atoms with Gasteiger partial charge in [-0.2, -0.15) is 0 Å². The Morgan fingerprint density at radius 1 is 1.25 bits per heavy atom. The largest absolute Gasteiger partial charge is 0.573 e. The number of para-hydroxylation sites is 1. The topological polar surface area (TPSA) is 38.7 Å². The molecule has 1 aromatic carbocycles. The van der Waals surface area contributed by atoms with Gasteiger partial charge >= 0.3 is 6.36 Å². The van der Waals surface area contributed by atoms with Gasteiger partial charge in [-0.1, -0.05) is 31.0 Å². The molecule has 0 aliphatic heterocycles. The zero-order chi connectivity index (χ0) is 14.8. The van der Waals surface area contributed by atoms with Gasteiger partial charge in [0.1, 0.15) is 11.4 Å². The van der Waals surface area contributed by atoms with E-state index in [-0.39, 0.29) is 11.3 Å². The van der Waals surface area contributed by atoms with Gasteiger partial charge in [-0.3, -0.25) is 0 Å². The van der Waals surface area contributed by atoms with Crippen molar-refractivity contribution in [1.29, 1.82) is 0 Å². The molecule has 1 saturated carbocycles. The lowest BCUT2D eigenvalue weighted by molar-refractivity contribution is -0.275. The lowest BCUT2D eigenvalue weighted by Gasteiger charge is -2.40. The molecule has 0 bridgehead atoms. The Labute approximate surface area is 115 Å². The van der Waals surface area contributed by atoms with Crippen LogP contribution in [0.5, 0.6) is 5.75 Å². The molecule has 2 atom stereocenters. The second kappa shape index (κ2) is 5.61. The zero-order valence-electron chi connectivity index (χ0n) is 11.1. The fraction of sp³-hybridized carbons (Fsp3) is 0.571. The fourth-order valence-corrected chi connectivity index (χ4v) is 2.78. The van der Waals surface area contributed by atoms with Gasteiger partial charge < -0.3 is 14.6 Å². The van der Waals surface area contributed by atoms with Crippen LogP contribution >= 0.6 is 0 Å². The smallest absolute Gasteiger partial charge is 0.405 e. The summed E-state index contributed by atoms with van der Waals surface area (Å²) in [5.74, 6) is -0.369. The molecule has 2 unspecified atom stereocenters. The Bertz CT molecular complexity index is 461. The van der Waals surface area contributed by atoms with Gasteiger partial charge in [-0.15, -0.1) is 13.2 Å². The van der Waals surface area contributed by atoms with Crippen molar-refractivity contribution in [3.63, 3.8) is 0 Å². The van der Waals surface area contributed by atoms with Gasteiger partial charge in [0.2, 0.25) is 0 Å². The van der Waals surface area contributed by atoms with Gasteiger partial charge in [-0.25, -0.2) is 0 Å². The number of hydrogen-bond donors (Lipinski definition) is 1. The third-order valence-electron chi connectivity index (χ3n) is 3.67. The van der Waals surface area contributed by atoms with E-state index < -0.39 is 18.1 Å². The lowest BCUT2D eigenvalue weighted by Crippen LogP contribution is -2.43. The number of rotatable bonds is 3. The number of hydrogen-bond acceptors (Lipinski definition) is 3. The highest BCUT2D eigenvalue weighted by Crippen LogP contribution is 2.43. The van der Waals surface area contributed by atoms with Crippen LogP contribution in [0.15, 0.2) is 24.3 Å². The predicted molar refractivity (Wildman–Crippen MR) is 66.3 cm³/mol. The van der Waals surface area contributed by atoms with E-state index in [0.29, 0.717) is 12.8 Å². The molecule has 1 aliphatic carbocycles. The maximum atomic E-state index is 12.5. The van der Waals surface area contributed by atoms with Crippen molar-refractivity contribution >= 4 is 0 Å². The van der Waals surface area contributed by atoms with E-state index >= 15 is 0 Å². The summed E-state index contributed by atoms with van der Waals surface area (Å²) in [7, 11) is 1.45. The van der Waals surface area contributed by atoms with Crippen LogP contribution in [-0.4, -0.2) is 24.7 Å². The van der Waals surface area contributed by atoms with Crippen molar-refractivity contribution in [3.05, 3.63) is 29.8 Å². The Balaban J connectivity index is 2.40. The normalized spacial score (nSPS) is 27.4. The number of benzene rings is 1. The zero-order valence-corrected chi connectivity index (χ0v) is 11.1. The van der Waals surface area contributed by atoms with Crippen molar-refractivity contribution in [3.8, 4) is 5.75 Å². The van der Waals surface area contributed by atoms with Crippen LogP contribution in [0.2, 0.25) is 0 Å². The third kappa shape index (κ3) is 3.07. The van der Waals surface area contributed by atoms with E-state index in [2.05, 4.69) is 4.74 Å². The molecule has 1 aromatic rings. The number of aliphatic hydroxyl groups is 1. The minimum atomic E-state index is -4.79. The second-order valence-corrected chi connectivity index (χ2v) is 4.94. The highest BCUT2D eigenvalue weighted by Gasteiger charge is 2.44. The summed E-state index contributed by atoms with van der Waals surface area (Å²) >= 11 is 0. The first-order valence-electron chi connectivity index (χ1n) is 6.47. The molecule has 112 valence electrons. The van der Waals surface area contributed by atoms with E-state index in [1.165, 1.54) is 25.3 Å². The van der Waals surface area contributed by atoms with Crippen LogP contribution in [-0.2, 0) is 10.3 Å². The minimum absolute atomic E-state index is 0.129. The molecule has 3 nitrogen and oxygen atoms in total. The monoisotopic (exact) mass is 290 g/mol. The quantitative estimate of drug-likeness (QED) is 0.927. The number of alkyl halides is 3. The summed E-state index contributed by atoms with van der Waals surface area (Å²) in [6.07, 6.45) is -2.75. The van der Waals surface area contributed by atoms with Crippen molar-refractivity contribution in [2.45, 2.75) is 43.8 Å². The van der Waals surface area contributed by atoms with E-state index in [9.17, 15) is 18.3 Å². The number of ether oxygens (including phenoxy) is 2. The molecule has 20 heavy (non-hydrogen) atoms. The van der Waals surface area contributed by atoms with Crippen LogP contribution in [0.1, 0.15) is 31.2 Å². The van der Waals surface area contributed by atoms with Gasteiger partial charge in [0, 0.05) is 12.7 Å². The molecule has 0 spiro atoms. The number of halogens is 3. The summed E-state index contributed by atoms with van der Waals surface area (Å²) in [4.78, 5) is 0. The molecule has 6 heteroatoms. The molecule has 1 aliphatic rings. The Kier molecular flexibility index (Phi) is 4.25. The average molecular weight is 290 g/mol. The predicted octanol–water partition coefficient (Wildman–Crippen LogP) is 3.36. The van der Waals surface area contributed by atoms with Crippen molar-refractivity contribution in [1.82, 2.24) is 0 Å². The summed E-state index contributed by atoms with van der Waals surface area (Å²) in [5, 5.41) is 10.8. The molecule has 2 rings (SSSR count). The maximum Gasteiger partial charge on any atom is 0.573 e. The van der Waals surface area contributed by atoms with Crippen molar-refractivity contribution < 1.29 is 27.8 Å². The first kappa shape index (κ1) is 15.1. The first-order chi connectivity index (χ1) is 9.37. The summed E-state index contributed by atoms with van der Waals surface area (Å²) in [6.45, 7) is 0. The van der Waals surface area contributed by atoms with Crippen LogP contribution in [0.3, 0.4) is 0 Å². The molecule has 0 aromatic heterocycles. The summed E-state index contributed by atoms with van der Waals surface area (Å²) in [5.41, 5.74) is -1.32. The van der Waals surface area contributed by atoms with E-state index in [0.717, 1.165) is 12.8 Å². The van der Waals surface area contributed by atoms with Crippen LogP contribution in [0.25, 0.3) is 0 Å². The van der Waals surface area contributed by atoms with Crippen molar-refractivity contribution in [2.24, 2.45) is 0 Å². The molecular weight excluding hydrogens is 273 g/mol. The molecule has 0 saturated heterocycles. The molecule has 1 N–H and O–H groups in total. The van der Waals surface area contributed by atoms with E-state index in [4.69, 9.17) is 4.74 Å². The Hall–Kier alpha value is -1.27. The van der Waals surface area contributed by atoms with Gasteiger partial charge in [0.25, 0.3) is 0 Å². The van der Waals surface area contributed by atoms with Gasteiger partial charge in [0.15, 0.2) is 0 Å². The average Bonchev–Trinajstić information content (AvgIpc) is 2.38. The van der Waals surface area contributed by atoms with Crippen LogP contribution in [0, 0.1) is 0 Å². The maximum absolute atomic E-state index is 12.5. The highest BCUT2D eigenvalue weighted by molar-refractivity contribution is 5.39. The van der Waals surface area contributed by atoms with Gasteiger partial charge in [0.05, 0.1) is 6.10 Å². The fourth-order valence-electron chi connectivity index (χ4n) is 2.78. The minimum Gasteiger partial charge on any atom is -0.405 e. The summed E-state index contributed by atoms with van der Waals surface area (Å²) in [6, 6.07) is 5.69. The number of methoxy groups -OCH3 is 1. The third-order valence-corrected chi connectivity index (χ3v) is 3.67. The Morgan fingerprint density at radius 3 is 2.60 bits per heavy atom. The Morgan fingerprint density at radius 2 is 1.95 bits per heavy atom. The van der Waals surface area contributed by atoms with Crippen LogP contribution in [0.4, 0.5) is 13.2 Å². The first-order valence-corrected chi connectivity index (χ1v) is 6.47. The van der Waals surface area contributed by atoms with Gasteiger partial charge in [-0.05, 0) is 18.9 Å². The second-order valence-electron chi connectivity index (χ2n) is 4.94. The van der Waals surface area contributed by atoms with E-state index in [1.807, 2.05) is 0 Å². The van der Waals surface area contributed by atoms with E-state index in [1.54, 1.807) is 6.07 Å². The SMILES string of the molecule is COC1CCCCC1(O)c1ccccc1OC(F)(F)F. The van der Waals surface area contributed by atoms with Crippen molar-refractivity contribution in [2.75, 3.05) is 7.11 Å². The molecule has 1 fully saturated rings.